The highest BCUT2D eigenvalue weighted by Gasteiger charge is 2.19. The Balaban J connectivity index is 2.76. The van der Waals surface area contributed by atoms with Gasteiger partial charge in [0.15, 0.2) is 0 Å². The van der Waals surface area contributed by atoms with Gasteiger partial charge in [-0.05, 0) is 24.8 Å². The first-order valence-corrected chi connectivity index (χ1v) is 6.88. The van der Waals surface area contributed by atoms with Crippen molar-refractivity contribution in [2.75, 3.05) is 0 Å². The summed E-state index contributed by atoms with van der Waals surface area (Å²) in [5, 5.41) is 0. The van der Waals surface area contributed by atoms with E-state index in [2.05, 4.69) is 39.8 Å². The molecule has 1 amide bonds. The molecule has 0 N–H and O–H groups in total. The largest absolute Gasteiger partial charge is 0.336 e. The van der Waals surface area contributed by atoms with Crippen LogP contribution in [0.2, 0.25) is 0 Å². The zero-order valence-electron chi connectivity index (χ0n) is 12.0. The van der Waals surface area contributed by atoms with Gasteiger partial charge >= 0.3 is 0 Å². The van der Waals surface area contributed by atoms with Crippen LogP contribution < -0.4 is 0 Å². The summed E-state index contributed by atoms with van der Waals surface area (Å²) < 4.78 is 0. The molecule has 1 rings (SSSR count). The molecule has 0 heterocycles. The zero-order valence-corrected chi connectivity index (χ0v) is 12.0. The fourth-order valence-electron chi connectivity index (χ4n) is 1.96. The van der Waals surface area contributed by atoms with Gasteiger partial charge in [-0.2, -0.15) is 0 Å². The van der Waals surface area contributed by atoms with Gasteiger partial charge in [-0.1, -0.05) is 51.1 Å². The number of benzene rings is 1. The maximum absolute atomic E-state index is 12.3. The lowest BCUT2D eigenvalue weighted by Gasteiger charge is -2.29. The Labute approximate surface area is 111 Å². The smallest absolute Gasteiger partial charge is 0.223 e. The van der Waals surface area contributed by atoms with E-state index in [4.69, 9.17) is 0 Å². The van der Waals surface area contributed by atoms with Crippen LogP contribution in [0.15, 0.2) is 30.3 Å². The van der Waals surface area contributed by atoms with Crippen molar-refractivity contribution in [3.8, 4) is 0 Å². The molecule has 18 heavy (non-hydrogen) atoms. The van der Waals surface area contributed by atoms with E-state index in [9.17, 15) is 4.79 Å². The highest BCUT2D eigenvalue weighted by molar-refractivity contribution is 5.76. The molecule has 0 radical (unpaired) electrons. The molecule has 1 unspecified atom stereocenters. The second-order valence-corrected chi connectivity index (χ2v) is 5.36. The van der Waals surface area contributed by atoms with E-state index in [-0.39, 0.29) is 5.91 Å². The first-order valence-electron chi connectivity index (χ1n) is 6.88. The summed E-state index contributed by atoms with van der Waals surface area (Å²) in [5.41, 5.74) is 1.20. The van der Waals surface area contributed by atoms with Gasteiger partial charge in [-0.3, -0.25) is 4.79 Å². The van der Waals surface area contributed by atoms with Crippen LogP contribution >= 0.6 is 0 Å². The number of amides is 1. The Morgan fingerprint density at radius 2 is 1.78 bits per heavy atom. The molecule has 0 saturated carbocycles. The molecule has 0 bridgehead atoms. The maximum Gasteiger partial charge on any atom is 0.223 e. The first-order chi connectivity index (χ1) is 8.54. The van der Waals surface area contributed by atoms with E-state index < -0.39 is 0 Å². The van der Waals surface area contributed by atoms with Gasteiger partial charge in [0.25, 0.3) is 0 Å². The molecule has 0 fully saturated rings. The molecule has 1 aromatic carbocycles. The quantitative estimate of drug-likeness (QED) is 0.747. The average molecular weight is 247 g/mol. The predicted molar refractivity (Wildman–Crippen MR) is 76.2 cm³/mol. The Kier molecular flexibility index (Phi) is 5.90. The van der Waals surface area contributed by atoms with Crippen LogP contribution in [0.4, 0.5) is 0 Å². The minimum Gasteiger partial charge on any atom is -0.336 e. The number of hydrogen-bond donors (Lipinski definition) is 0. The summed E-state index contributed by atoms with van der Waals surface area (Å²) in [6, 6.07) is 10.5. The lowest BCUT2D eigenvalue weighted by atomic mass is 10.1. The van der Waals surface area contributed by atoms with Gasteiger partial charge in [0.1, 0.15) is 0 Å². The summed E-state index contributed by atoms with van der Waals surface area (Å²) in [6.45, 7) is 9.16. The minimum absolute atomic E-state index is 0.267. The Hall–Kier alpha value is -1.31. The second kappa shape index (κ2) is 7.20. The molecule has 0 saturated heterocycles. The lowest BCUT2D eigenvalue weighted by Crippen LogP contribution is -2.38. The van der Waals surface area contributed by atoms with Crippen LogP contribution in [-0.2, 0) is 11.3 Å². The van der Waals surface area contributed by atoms with Crippen LogP contribution in [-0.4, -0.2) is 16.8 Å². The number of carbonyl (C=O) groups excluding carboxylic acids is 1. The molecule has 1 aromatic rings. The summed E-state index contributed by atoms with van der Waals surface area (Å²) >= 11 is 0. The van der Waals surface area contributed by atoms with E-state index in [1.54, 1.807) is 0 Å². The standard InChI is InChI=1S/C16H25NO/c1-5-14(4)17(16(18)11-13(2)3)12-15-9-7-6-8-10-15/h6-10,13-14H,5,11-12H2,1-4H3. The molecule has 2 nitrogen and oxygen atoms in total. The van der Waals surface area contributed by atoms with E-state index in [1.165, 1.54) is 5.56 Å². The summed E-state index contributed by atoms with van der Waals surface area (Å²) in [5.74, 6) is 0.683. The molecule has 0 aliphatic heterocycles. The summed E-state index contributed by atoms with van der Waals surface area (Å²) in [7, 11) is 0. The third-order valence-corrected chi connectivity index (χ3v) is 3.22. The van der Waals surface area contributed by atoms with E-state index >= 15 is 0 Å². The van der Waals surface area contributed by atoms with Crippen molar-refractivity contribution in [1.29, 1.82) is 0 Å². The maximum atomic E-state index is 12.3. The molecule has 2 heteroatoms. The molecule has 1 atom stereocenters. The topological polar surface area (TPSA) is 20.3 Å². The van der Waals surface area contributed by atoms with Crippen LogP contribution in [0.1, 0.15) is 46.1 Å². The van der Waals surface area contributed by atoms with Crippen molar-refractivity contribution < 1.29 is 4.79 Å². The van der Waals surface area contributed by atoms with Crippen LogP contribution in [0.5, 0.6) is 0 Å². The third-order valence-electron chi connectivity index (χ3n) is 3.22. The van der Waals surface area contributed by atoms with E-state index in [1.807, 2.05) is 23.1 Å². The van der Waals surface area contributed by atoms with Gasteiger partial charge in [0, 0.05) is 19.0 Å². The Morgan fingerprint density at radius 3 is 2.28 bits per heavy atom. The molecule has 0 aliphatic carbocycles. The second-order valence-electron chi connectivity index (χ2n) is 5.36. The third kappa shape index (κ3) is 4.52. The summed E-state index contributed by atoms with van der Waals surface area (Å²) in [4.78, 5) is 14.3. The van der Waals surface area contributed by atoms with Crippen molar-refractivity contribution in [3.63, 3.8) is 0 Å². The van der Waals surface area contributed by atoms with Crippen LogP contribution in [0.3, 0.4) is 0 Å². The van der Waals surface area contributed by atoms with Crippen molar-refractivity contribution in [3.05, 3.63) is 35.9 Å². The Morgan fingerprint density at radius 1 is 1.17 bits per heavy atom. The van der Waals surface area contributed by atoms with Gasteiger partial charge in [0.2, 0.25) is 5.91 Å². The van der Waals surface area contributed by atoms with Crippen molar-refractivity contribution in [2.45, 2.75) is 53.1 Å². The molecule has 0 spiro atoms. The summed E-state index contributed by atoms with van der Waals surface area (Å²) in [6.07, 6.45) is 1.63. The fourth-order valence-corrected chi connectivity index (χ4v) is 1.96. The first kappa shape index (κ1) is 14.7. The molecular weight excluding hydrogens is 222 g/mol. The normalized spacial score (nSPS) is 12.5. The van der Waals surface area contributed by atoms with Crippen molar-refractivity contribution >= 4 is 5.91 Å². The molecule has 0 aromatic heterocycles. The predicted octanol–water partition coefficient (Wildman–Crippen LogP) is 3.86. The van der Waals surface area contributed by atoms with Crippen molar-refractivity contribution in [2.24, 2.45) is 5.92 Å². The van der Waals surface area contributed by atoms with Gasteiger partial charge in [-0.25, -0.2) is 0 Å². The van der Waals surface area contributed by atoms with Crippen LogP contribution in [0.25, 0.3) is 0 Å². The lowest BCUT2D eigenvalue weighted by molar-refractivity contribution is -0.134. The highest BCUT2D eigenvalue weighted by atomic mass is 16.2. The zero-order chi connectivity index (χ0) is 13.5. The highest BCUT2D eigenvalue weighted by Crippen LogP contribution is 2.14. The Bertz CT molecular complexity index is 359. The van der Waals surface area contributed by atoms with Crippen LogP contribution in [0, 0.1) is 5.92 Å². The molecular formula is C16H25NO. The minimum atomic E-state index is 0.267. The van der Waals surface area contributed by atoms with E-state index in [0.29, 0.717) is 18.4 Å². The fraction of sp³-hybridized carbons (Fsp3) is 0.562. The van der Waals surface area contributed by atoms with E-state index in [0.717, 1.165) is 13.0 Å². The molecule has 100 valence electrons. The number of carbonyl (C=O) groups is 1. The number of rotatable bonds is 6. The monoisotopic (exact) mass is 247 g/mol. The number of nitrogens with zero attached hydrogens (tertiary/aromatic N) is 1. The van der Waals surface area contributed by atoms with Gasteiger partial charge in [-0.15, -0.1) is 0 Å². The average Bonchev–Trinajstić information content (AvgIpc) is 2.35. The van der Waals surface area contributed by atoms with Crippen molar-refractivity contribution in [1.82, 2.24) is 4.90 Å². The SMILES string of the molecule is CCC(C)N(Cc1ccccc1)C(=O)CC(C)C. The van der Waals surface area contributed by atoms with Gasteiger partial charge in [0.05, 0.1) is 0 Å². The number of hydrogen-bond acceptors (Lipinski definition) is 1. The van der Waals surface area contributed by atoms with Gasteiger partial charge < -0.3 is 4.90 Å². The molecule has 0 aliphatic rings.